The van der Waals surface area contributed by atoms with E-state index in [1.54, 1.807) is 18.2 Å². The first-order valence-corrected chi connectivity index (χ1v) is 7.00. The lowest BCUT2D eigenvalue weighted by atomic mass is 10.1. The standard InChI is InChI=1S/C16H19N3O2/c1-2-3-12-18(13-8-5-4-6-9-13)15-11-7-10-14(17)16(15)19(20)21/h4-11H,2-3,12,17H2,1H3. The smallest absolute Gasteiger partial charge is 0.315 e. The number of anilines is 3. The van der Waals surface area contributed by atoms with Gasteiger partial charge < -0.3 is 10.6 Å². The molecule has 110 valence electrons. The predicted octanol–water partition coefficient (Wildman–Crippen LogP) is 4.12. The number of hydrogen-bond acceptors (Lipinski definition) is 4. The maximum Gasteiger partial charge on any atom is 0.315 e. The van der Waals surface area contributed by atoms with Crippen molar-refractivity contribution in [1.29, 1.82) is 0 Å². The number of para-hydroxylation sites is 2. The lowest BCUT2D eigenvalue weighted by Gasteiger charge is -2.25. The van der Waals surface area contributed by atoms with Crippen molar-refractivity contribution in [1.82, 2.24) is 0 Å². The molecule has 0 unspecified atom stereocenters. The van der Waals surface area contributed by atoms with Gasteiger partial charge in [0.15, 0.2) is 0 Å². The van der Waals surface area contributed by atoms with Crippen LogP contribution in [-0.2, 0) is 0 Å². The van der Waals surface area contributed by atoms with Crippen molar-refractivity contribution in [2.24, 2.45) is 0 Å². The van der Waals surface area contributed by atoms with Crippen LogP contribution in [-0.4, -0.2) is 11.5 Å². The molecule has 0 amide bonds. The first-order chi connectivity index (χ1) is 10.1. The molecule has 0 atom stereocenters. The van der Waals surface area contributed by atoms with Crippen LogP contribution in [0.1, 0.15) is 19.8 Å². The summed E-state index contributed by atoms with van der Waals surface area (Å²) >= 11 is 0. The van der Waals surface area contributed by atoms with Gasteiger partial charge >= 0.3 is 5.69 Å². The molecule has 21 heavy (non-hydrogen) atoms. The summed E-state index contributed by atoms with van der Waals surface area (Å²) in [6.45, 7) is 2.81. The molecule has 0 aliphatic carbocycles. The second kappa shape index (κ2) is 6.74. The maximum atomic E-state index is 11.4. The monoisotopic (exact) mass is 285 g/mol. The number of nitrogens with two attached hydrogens (primary N) is 1. The van der Waals surface area contributed by atoms with Gasteiger partial charge in [-0.25, -0.2) is 0 Å². The topological polar surface area (TPSA) is 72.4 Å². The Hall–Kier alpha value is -2.56. The Morgan fingerprint density at radius 3 is 2.48 bits per heavy atom. The highest BCUT2D eigenvalue weighted by molar-refractivity contribution is 5.79. The van der Waals surface area contributed by atoms with Gasteiger partial charge in [0.1, 0.15) is 11.4 Å². The van der Waals surface area contributed by atoms with Crippen molar-refractivity contribution >= 4 is 22.7 Å². The van der Waals surface area contributed by atoms with Crippen LogP contribution in [0.25, 0.3) is 0 Å². The molecule has 0 saturated carbocycles. The molecule has 0 aromatic heterocycles. The van der Waals surface area contributed by atoms with Crippen LogP contribution < -0.4 is 10.6 Å². The van der Waals surface area contributed by atoms with Gasteiger partial charge in [0.25, 0.3) is 0 Å². The van der Waals surface area contributed by atoms with E-state index in [-0.39, 0.29) is 11.4 Å². The molecule has 2 aromatic carbocycles. The fourth-order valence-electron chi connectivity index (χ4n) is 2.28. The Balaban J connectivity index is 2.52. The van der Waals surface area contributed by atoms with E-state index >= 15 is 0 Å². The lowest BCUT2D eigenvalue weighted by molar-refractivity contribution is -0.383. The van der Waals surface area contributed by atoms with Crippen LogP contribution >= 0.6 is 0 Å². The van der Waals surface area contributed by atoms with Gasteiger partial charge in [-0.3, -0.25) is 10.1 Å². The highest BCUT2D eigenvalue weighted by Crippen LogP contribution is 2.37. The van der Waals surface area contributed by atoms with E-state index in [1.165, 1.54) is 0 Å². The van der Waals surface area contributed by atoms with Crippen molar-refractivity contribution in [2.45, 2.75) is 19.8 Å². The van der Waals surface area contributed by atoms with Crippen LogP contribution in [0.3, 0.4) is 0 Å². The summed E-state index contributed by atoms with van der Waals surface area (Å²) in [5.74, 6) is 0. The summed E-state index contributed by atoms with van der Waals surface area (Å²) in [4.78, 5) is 12.9. The SMILES string of the molecule is CCCCN(c1ccccc1)c1cccc(N)c1[N+](=O)[O-]. The molecule has 0 spiro atoms. The maximum absolute atomic E-state index is 11.4. The molecule has 0 aliphatic heterocycles. The third-order valence-electron chi connectivity index (χ3n) is 3.32. The number of benzene rings is 2. The molecule has 0 radical (unpaired) electrons. The average molecular weight is 285 g/mol. The van der Waals surface area contributed by atoms with Gasteiger partial charge in [0, 0.05) is 12.2 Å². The molecular formula is C16H19N3O2. The normalized spacial score (nSPS) is 10.3. The summed E-state index contributed by atoms with van der Waals surface area (Å²) in [7, 11) is 0. The van der Waals surface area contributed by atoms with Crippen molar-refractivity contribution in [3.63, 3.8) is 0 Å². The first kappa shape index (κ1) is 14.8. The van der Waals surface area contributed by atoms with Gasteiger partial charge in [-0.05, 0) is 30.7 Å². The van der Waals surface area contributed by atoms with Gasteiger partial charge in [0.2, 0.25) is 0 Å². The second-order valence-electron chi connectivity index (χ2n) is 4.81. The minimum absolute atomic E-state index is 0.0301. The quantitative estimate of drug-likeness (QED) is 0.492. The number of rotatable bonds is 6. The Labute approximate surface area is 124 Å². The Morgan fingerprint density at radius 1 is 1.14 bits per heavy atom. The van der Waals surface area contributed by atoms with Gasteiger partial charge in [-0.1, -0.05) is 37.6 Å². The van der Waals surface area contributed by atoms with Crippen LogP contribution in [0.5, 0.6) is 0 Å². The average Bonchev–Trinajstić information content (AvgIpc) is 2.48. The minimum Gasteiger partial charge on any atom is -0.393 e. The van der Waals surface area contributed by atoms with Gasteiger partial charge in [-0.15, -0.1) is 0 Å². The van der Waals surface area contributed by atoms with E-state index in [9.17, 15) is 10.1 Å². The number of nitrogen functional groups attached to an aromatic ring is 1. The minimum atomic E-state index is -0.410. The zero-order valence-electron chi connectivity index (χ0n) is 12.0. The third-order valence-corrected chi connectivity index (χ3v) is 3.32. The molecule has 2 N–H and O–H groups in total. The van der Waals surface area contributed by atoms with Gasteiger partial charge in [-0.2, -0.15) is 0 Å². The summed E-state index contributed by atoms with van der Waals surface area (Å²) in [6.07, 6.45) is 1.96. The highest BCUT2D eigenvalue weighted by atomic mass is 16.6. The van der Waals surface area contributed by atoms with Crippen molar-refractivity contribution < 1.29 is 4.92 Å². The number of nitro groups is 1. The van der Waals surface area contributed by atoms with Crippen molar-refractivity contribution in [2.75, 3.05) is 17.2 Å². The summed E-state index contributed by atoms with van der Waals surface area (Å²) in [5, 5.41) is 11.4. The summed E-state index contributed by atoms with van der Waals surface area (Å²) in [5.41, 5.74) is 7.43. The molecule has 0 bridgehead atoms. The number of nitro benzene ring substituents is 1. The molecular weight excluding hydrogens is 266 g/mol. The van der Waals surface area contributed by atoms with E-state index in [0.29, 0.717) is 12.2 Å². The Kier molecular flexibility index (Phi) is 4.77. The molecule has 2 rings (SSSR count). The number of nitrogens with zero attached hydrogens (tertiary/aromatic N) is 2. The molecule has 0 aliphatic rings. The van der Waals surface area contributed by atoms with Crippen molar-refractivity contribution in [3.8, 4) is 0 Å². The predicted molar refractivity (Wildman–Crippen MR) is 85.9 cm³/mol. The fourth-order valence-corrected chi connectivity index (χ4v) is 2.28. The molecule has 0 fully saturated rings. The number of unbranched alkanes of at least 4 members (excludes halogenated alkanes) is 1. The lowest BCUT2D eigenvalue weighted by Crippen LogP contribution is -2.19. The Morgan fingerprint density at radius 2 is 1.86 bits per heavy atom. The highest BCUT2D eigenvalue weighted by Gasteiger charge is 2.23. The van der Waals surface area contributed by atoms with E-state index in [0.717, 1.165) is 18.5 Å². The first-order valence-electron chi connectivity index (χ1n) is 7.00. The molecule has 5 heteroatoms. The van der Waals surface area contributed by atoms with E-state index in [2.05, 4.69) is 6.92 Å². The summed E-state index contributed by atoms with van der Waals surface area (Å²) in [6, 6.07) is 14.7. The Bertz CT molecular complexity index is 614. The zero-order valence-corrected chi connectivity index (χ0v) is 12.0. The van der Waals surface area contributed by atoms with Crippen LogP contribution in [0.4, 0.5) is 22.7 Å². The molecule has 0 saturated heterocycles. The van der Waals surface area contributed by atoms with Crippen molar-refractivity contribution in [3.05, 3.63) is 58.6 Å². The number of hydrogen-bond donors (Lipinski definition) is 1. The van der Waals surface area contributed by atoms with E-state index in [4.69, 9.17) is 5.73 Å². The molecule has 2 aromatic rings. The second-order valence-corrected chi connectivity index (χ2v) is 4.81. The van der Waals surface area contributed by atoms with Crippen LogP contribution in [0.2, 0.25) is 0 Å². The largest absolute Gasteiger partial charge is 0.393 e. The van der Waals surface area contributed by atoms with E-state index < -0.39 is 4.92 Å². The third kappa shape index (κ3) is 3.31. The zero-order chi connectivity index (χ0) is 15.2. The molecule has 0 heterocycles. The van der Waals surface area contributed by atoms with E-state index in [1.807, 2.05) is 35.2 Å². The summed E-state index contributed by atoms with van der Waals surface area (Å²) < 4.78 is 0. The van der Waals surface area contributed by atoms with Crippen LogP contribution in [0, 0.1) is 10.1 Å². The fraction of sp³-hybridized carbons (Fsp3) is 0.250. The van der Waals surface area contributed by atoms with Crippen LogP contribution in [0.15, 0.2) is 48.5 Å². The molecule has 5 nitrogen and oxygen atoms in total. The van der Waals surface area contributed by atoms with Gasteiger partial charge in [0.05, 0.1) is 4.92 Å².